The van der Waals surface area contributed by atoms with Gasteiger partial charge in [0.1, 0.15) is 6.29 Å². The first-order chi connectivity index (χ1) is 11.7. The van der Waals surface area contributed by atoms with Gasteiger partial charge < -0.3 is 14.8 Å². The molecule has 5 heteroatoms. The van der Waals surface area contributed by atoms with Gasteiger partial charge in [-0.05, 0) is 32.1 Å². The molecule has 0 aromatic rings. The van der Waals surface area contributed by atoms with Crippen LogP contribution in [-0.2, 0) is 14.3 Å². The molecule has 0 radical (unpaired) electrons. The summed E-state index contributed by atoms with van der Waals surface area (Å²) in [5.74, 6) is 0.0634. The molecule has 0 heterocycles. The van der Waals surface area contributed by atoms with E-state index in [2.05, 4.69) is 27.9 Å². The predicted molar refractivity (Wildman–Crippen MR) is 111 cm³/mol. The number of carbonyl (C=O) groups is 2. The van der Waals surface area contributed by atoms with Gasteiger partial charge in [0.25, 0.3) is 0 Å². The third-order valence-electron chi connectivity index (χ3n) is 3.51. The zero-order valence-corrected chi connectivity index (χ0v) is 18.3. The number of alkyl halides is 1. The predicted octanol–water partition coefficient (Wildman–Crippen LogP) is 5.07. The van der Waals surface area contributed by atoms with E-state index in [-0.39, 0.29) is 5.91 Å². The van der Waals surface area contributed by atoms with Crippen LogP contribution in [0.4, 0.5) is 0 Å². The van der Waals surface area contributed by atoms with E-state index in [0.717, 1.165) is 42.6 Å². The van der Waals surface area contributed by atoms with E-state index in [0.29, 0.717) is 25.4 Å². The minimum atomic E-state index is 0.0634. The van der Waals surface area contributed by atoms with Crippen molar-refractivity contribution >= 4 is 34.8 Å². The monoisotopic (exact) mass is 455 g/mol. The zero-order chi connectivity index (χ0) is 18.6. The van der Waals surface area contributed by atoms with E-state index in [1.165, 1.54) is 19.3 Å². The smallest absolute Gasteiger partial charge is 0.220 e. The van der Waals surface area contributed by atoms with Gasteiger partial charge in [0.15, 0.2) is 0 Å². The Kier molecular flexibility index (Phi) is 22.7. The highest BCUT2D eigenvalue weighted by atomic mass is 127. The van der Waals surface area contributed by atoms with Crippen LogP contribution in [0, 0.1) is 0 Å². The van der Waals surface area contributed by atoms with Crippen molar-refractivity contribution in [2.45, 2.75) is 95.5 Å². The van der Waals surface area contributed by atoms with Crippen molar-refractivity contribution in [1.82, 2.24) is 5.32 Å². The first-order valence-electron chi connectivity index (χ1n) is 9.68. The van der Waals surface area contributed by atoms with E-state index in [9.17, 15) is 9.59 Å². The SMILES string of the molecule is CC.CC.O=CCCCC(=O)NCCCCCCOC1CC(I)C1. The van der Waals surface area contributed by atoms with Gasteiger partial charge in [-0.15, -0.1) is 0 Å². The third kappa shape index (κ3) is 16.7. The fourth-order valence-electron chi connectivity index (χ4n) is 2.13. The van der Waals surface area contributed by atoms with Gasteiger partial charge in [0, 0.05) is 29.9 Å². The topological polar surface area (TPSA) is 55.4 Å². The van der Waals surface area contributed by atoms with Gasteiger partial charge in [-0.25, -0.2) is 0 Å². The number of nitrogens with one attached hydrogen (secondary N) is 1. The fraction of sp³-hybridized carbons (Fsp3) is 0.895. The molecule has 0 aromatic heterocycles. The maximum atomic E-state index is 11.3. The van der Waals surface area contributed by atoms with E-state index < -0.39 is 0 Å². The van der Waals surface area contributed by atoms with Crippen molar-refractivity contribution in [3.8, 4) is 0 Å². The van der Waals surface area contributed by atoms with Crippen molar-refractivity contribution in [1.29, 1.82) is 0 Å². The molecule has 1 saturated carbocycles. The van der Waals surface area contributed by atoms with Crippen LogP contribution in [0.2, 0.25) is 0 Å². The van der Waals surface area contributed by atoms with Crippen LogP contribution >= 0.6 is 22.6 Å². The molecule has 24 heavy (non-hydrogen) atoms. The number of hydrogen-bond acceptors (Lipinski definition) is 3. The minimum absolute atomic E-state index is 0.0634. The number of rotatable bonds is 12. The lowest BCUT2D eigenvalue weighted by Crippen LogP contribution is -2.31. The lowest BCUT2D eigenvalue weighted by molar-refractivity contribution is -0.121. The van der Waals surface area contributed by atoms with Crippen molar-refractivity contribution in [2.75, 3.05) is 13.2 Å². The fourth-order valence-corrected chi connectivity index (χ4v) is 3.26. The van der Waals surface area contributed by atoms with Crippen LogP contribution in [-0.4, -0.2) is 35.4 Å². The van der Waals surface area contributed by atoms with Crippen molar-refractivity contribution < 1.29 is 14.3 Å². The van der Waals surface area contributed by atoms with Crippen LogP contribution in [0.15, 0.2) is 0 Å². The Morgan fingerprint density at radius 2 is 1.71 bits per heavy atom. The molecule has 0 aromatic carbocycles. The molecule has 0 spiro atoms. The number of unbranched alkanes of at least 4 members (excludes halogenated alkanes) is 4. The average Bonchev–Trinajstić information content (AvgIpc) is 2.59. The van der Waals surface area contributed by atoms with Gasteiger partial charge in [-0.1, -0.05) is 63.1 Å². The molecule has 1 amide bonds. The Labute approximate surface area is 163 Å². The van der Waals surface area contributed by atoms with Gasteiger partial charge in [-0.2, -0.15) is 0 Å². The second kappa shape index (κ2) is 20.9. The third-order valence-corrected chi connectivity index (χ3v) is 4.53. The highest BCUT2D eigenvalue weighted by Gasteiger charge is 2.26. The highest BCUT2D eigenvalue weighted by molar-refractivity contribution is 14.1. The first-order valence-corrected chi connectivity index (χ1v) is 10.9. The second-order valence-electron chi connectivity index (χ2n) is 5.38. The molecule has 1 fully saturated rings. The van der Waals surface area contributed by atoms with Crippen LogP contribution in [0.3, 0.4) is 0 Å². The number of hydrogen-bond donors (Lipinski definition) is 1. The second-order valence-corrected chi connectivity index (χ2v) is 7.15. The maximum absolute atomic E-state index is 11.3. The molecular formula is C19H38INO3. The summed E-state index contributed by atoms with van der Waals surface area (Å²) in [6.45, 7) is 9.63. The van der Waals surface area contributed by atoms with Crippen LogP contribution in [0.5, 0.6) is 0 Å². The molecule has 1 N–H and O–H groups in total. The van der Waals surface area contributed by atoms with Crippen LogP contribution < -0.4 is 5.32 Å². The molecule has 0 aliphatic heterocycles. The summed E-state index contributed by atoms with van der Waals surface area (Å²) in [6.07, 6.45) is 9.87. The van der Waals surface area contributed by atoms with Gasteiger partial charge in [0.05, 0.1) is 6.10 Å². The lowest BCUT2D eigenvalue weighted by Gasteiger charge is -2.31. The molecule has 0 atom stereocenters. The van der Waals surface area contributed by atoms with E-state index in [1.807, 2.05) is 27.7 Å². The van der Waals surface area contributed by atoms with E-state index in [4.69, 9.17) is 4.74 Å². The maximum Gasteiger partial charge on any atom is 0.220 e. The zero-order valence-electron chi connectivity index (χ0n) is 16.1. The molecule has 1 aliphatic rings. The van der Waals surface area contributed by atoms with Crippen LogP contribution in [0.1, 0.15) is 85.5 Å². The Balaban J connectivity index is 0. The Morgan fingerprint density at radius 1 is 1.08 bits per heavy atom. The Hall–Kier alpha value is -0.170. The molecule has 4 nitrogen and oxygen atoms in total. The summed E-state index contributed by atoms with van der Waals surface area (Å²) in [5.41, 5.74) is 0. The Morgan fingerprint density at radius 3 is 2.29 bits per heavy atom. The van der Waals surface area contributed by atoms with Crippen molar-refractivity contribution in [2.24, 2.45) is 0 Å². The molecule has 1 aliphatic carbocycles. The van der Waals surface area contributed by atoms with E-state index in [1.54, 1.807) is 0 Å². The summed E-state index contributed by atoms with van der Waals surface area (Å²) >= 11 is 2.48. The summed E-state index contributed by atoms with van der Waals surface area (Å²) in [5, 5.41) is 2.89. The largest absolute Gasteiger partial charge is 0.378 e. The highest BCUT2D eigenvalue weighted by Crippen LogP contribution is 2.30. The standard InChI is InChI=1S/C15H26INO3.2C2H6/c16-13-11-14(12-13)20-10-6-2-1-4-8-17-15(19)7-3-5-9-18;2*1-2/h9,13-14H,1-8,10-12H2,(H,17,19);2*1-2H3. The summed E-state index contributed by atoms with van der Waals surface area (Å²) in [4.78, 5) is 21.5. The van der Waals surface area contributed by atoms with Gasteiger partial charge in [0.2, 0.25) is 5.91 Å². The summed E-state index contributed by atoms with van der Waals surface area (Å²) in [6, 6.07) is 0. The quantitative estimate of drug-likeness (QED) is 0.194. The number of ether oxygens (including phenoxy) is 1. The first kappa shape index (κ1) is 26.1. The number of aldehydes is 1. The lowest BCUT2D eigenvalue weighted by atomic mass is 9.96. The van der Waals surface area contributed by atoms with Gasteiger partial charge in [-0.3, -0.25) is 4.79 Å². The molecule has 0 unspecified atom stereocenters. The van der Waals surface area contributed by atoms with E-state index >= 15 is 0 Å². The Bertz CT molecular complexity index is 282. The summed E-state index contributed by atoms with van der Waals surface area (Å²) < 4.78 is 6.57. The molecular weight excluding hydrogens is 417 g/mol. The van der Waals surface area contributed by atoms with Crippen LogP contribution in [0.25, 0.3) is 0 Å². The average molecular weight is 455 g/mol. The minimum Gasteiger partial charge on any atom is -0.378 e. The number of amides is 1. The molecule has 0 bridgehead atoms. The number of halogens is 1. The van der Waals surface area contributed by atoms with Crippen molar-refractivity contribution in [3.05, 3.63) is 0 Å². The molecule has 1 rings (SSSR count). The molecule has 144 valence electrons. The number of carbonyl (C=O) groups excluding carboxylic acids is 2. The molecule has 0 saturated heterocycles. The summed E-state index contributed by atoms with van der Waals surface area (Å²) in [7, 11) is 0. The normalized spacial score (nSPS) is 18.2. The van der Waals surface area contributed by atoms with Crippen molar-refractivity contribution in [3.63, 3.8) is 0 Å². The van der Waals surface area contributed by atoms with Gasteiger partial charge >= 0.3 is 0 Å².